The second-order valence-electron chi connectivity index (χ2n) is 4.12. The Labute approximate surface area is 99.8 Å². The molecule has 0 aliphatic carbocycles. The number of aliphatic hydroxyl groups excluding tert-OH is 1. The third-order valence-electron chi connectivity index (χ3n) is 2.95. The van der Waals surface area contributed by atoms with Crippen molar-refractivity contribution in [2.24, 2.45) is 0 Å². The number of rotatable bonds is 2. The normalized spacial score (nSPS) is 10.9. The van der Waals surface area contributed by atoms with E-state index in [2.05, 4.69) is 28.8 Å². The first-order chi connectivity index (χ1) is 8.36. The molecule has 0 fully saturated rings. The van der Waals surface area contributed by atoms with Crippen molar-refractivity contribution < 1.29 is 5.11 Å². The van der Waals surface area contributed by atoms with Gasteiger partial charge >= 0.3 is 0 Å². The van der Waals surface area contributed by atoms with E-state index in [-0.39, 0.29) is 6.61 Å². The lowest BCUT2D eigenvalue weighted by Gasteiger charge is -2.00. The fourth-order valence-corrected chi connectivity index (χ4v) is 2.06. The second kappa shape index (κ2) is 4.07. The molecule has 1 N–H and O–H groups in total. The van der Waals surface area contributed by atoms with E-state index < -0.39 is 0 Å². The predicted octanol–water partition coefficient (Wildman–Crippen LogP) is 3.10. The Morgan fingerprint density at radius 3 is 2.71 bits per heavy atom. The summed E-state index contributed by atoms with van der Waals surface area (Å²) >= 11 is 0. The minimum Gasteiger partial charge on any atom is -0.392 e. The van der Waals surface area contributed by atoms with Crippen molar-refractivity contribution in [3.63, 3.8) is 0 Å². The first kappa shape index (κ1) is 10.1. The number of hydrogen-bond acceptors (Lipinski definition) is 1. The summed E-state index contributed by atoms with van der Waals surface area (Å²) in [5, 5.41) is 9.14. The summed E-state index contributed by atoms with van der Waals surface area (Å²) in [4.78, 5) is 0. The Hall–Kier alpha value is -2.06. The van der Waals surface area contributed by atoms with E-state index >= 15 is 0 Å². The molecule has 0 aliphatic heterocycles. The monoisotopic (exact) mass is 223 g/mol. The molecule has 3 rings (SSSR count). The van der Waals surface area contributed by atoms with Crippen molar-refractivity contribution in [2.75, 3.05) is 0 Å². The Kier molecular flexibility index (Phi) is 2.42. The van der Waals surface area contributed by atoms with Gasteiger partial charge in [0.15, 0.2) is 0 Å². The molecule has 3 aromatic rings. The number of fused-ring (bicyclic) bond motifs is 1. The summed E-state index contributed by atoms with van der Waals surface area (Å²) < 4.78 is 2.10. The van der Waals surface area contributed by atoms with Crippen molar-refractivity contribution in [3.05, 3.63) is 66.5 Å². The summed E-state index contributed by atoms with van der Waals surface area (Å²) in [6, 6.07) is 16.3. The molecule has 0 bridgehead atoms. The lowest BCUT2D eigenvalue weighted by molar-refractivity contribution is 0.282. The molecule has 0 radical (unpaired) electrons. The molecule has 0 aliphatic rings. The molecule has 2 heteroatoms. The van der Waals surface area contributed by atoms with Gasteiger partial charge in [-0.15, -0.1) is 0 Å². The van der Waals surface area contributed by atoms with Crippen LogP contribution in [0.4, 0.5) is 0 Å². The first-order valence-corrected chi connectivity index (χ1v) is 5.64. The molecule has 0 amide bonds. The minimum absolute atomic E-state index is 0.0845. The summed E-state index contributed by atoms with van der Waals surface area (Å²) in [6.07, 6.45) is 4.14. The average molecular weight is 223 g/mol. The number of nitrogens with zero attached hydrogens (tertiary/aromatic N) is 1. The van der Waals surface area contributed by atoms with Crippen molar-refractivity contribution in [1.82, 2.24) is 4.40 Å². The smallest absolute Gasteiger partial charge is 0.0682 e. The zero-order valence-corrected chi connectivity index (χ0v) is 9.38. The highest BCUT2D eigenvalue weighted by Gasteiger charge is 2.02. The van der Waals surface area contributed by atoms with Gasteiger partial charge in [0.25, 0.3) is 0 Å². The zero-order valence-electron chi connectivity index (χ0n) is 9.38. The quantitative estimate of drug-likeness (QED) is 0.709. The van der Waals surface area contributed by atoms with E-state index in [0.29, 0.717) is 0 Å². The molecule has 2 heterocycles. The summed E-state index contributed by atoms with van der Waals surface area (Å²) in [6.45, 7) is 0.0845. The van der Waals surface area contributed by atoms with E-state index in [1.165, 1.54) is 11.1 Å². The molecular weight excluding hydrogens is 210 g/mol. The molecule has 0 unspecified atom stereocenters. The maximum absolute atomic E-state index is 9.14. The van der Waals surface area contributed by atoms with Crippen molar-refractivity contribution in [3.8, 4) is 11.1 Å². The van der Waals surface area contributed by atoms with E-state index in [9.17, 15) is 0 Å². The second-order valence-corrected chi connectivity index (χ2v) is 4.12. The van der Waals surface area contributed by atoms with Crippen LogP contribution in [0.5, 0.6) is 0 Å². The van der Waals surface area contributed by atoms with Crippen LogP contribution in [0.25, 0.3) is 16.6 Å². The number of hydrogen-bond donors (Lipinski definition) is 1. The van der Waals surface area contributed by atoms with Gasteiger partial charge in [-0.1, -0.05) is 24.3 Å². The number of aromatic nitrogens is 1. The summed E-state index contributed by atoms with van der Waals surface area (Å²) in [5.74, 6) is 0. The molecule has 0 atom stereocenters. The van der Waals surface area contributed by atoms with Crippen molar-refractivity contribution in [1.29, 1.82) is 0 Å². The van der Waals surface area contributed by atoms with Crippen LogP contribution in [-0.4, -0.2) is 9.51 Å². The Balaban J connectivity index is 2.13. The largest absolute Gasteiger partial charge is 0.392 e. The fourth-order valence-electron chi connectivity index (χ4n) is 2.06. The lowest BCUT2D eigenvalue weighted by atomic mass is 10.1. The Bertz CT molecular complexity index is 622. The van der Waals surface area contributed by atoms with E-state index in [1.807, 2.05) is 36.5 Å². The van der Waals surface area contributed by atoms with Gasteiger partial charge in [-0.2, -0.15) is 0 Å². The highest BCUT2D eigenvalue weighted by atomic mass is 16.3. The molecule has 2 aromatic heterocycles. The first-order valence-electron chi connectivity index (χ1n) is 5.64. The van der Waals surface area contributed by atoms with Gasteiger partial charge < -0.3 is 9.51 Å². The van der Waals surface area contributed by atoms with Gasteiger partial charge in [0, 0.05) is 23.5 Å². The lowest BCUT2D eigenvalue weighted by Crippen LogP contribution is -1.83. The van der Waals surface area contributed by atoms with Gasteiger partial charge in [0.1, 0.15) is 0 Å². The SMILES string of the molecule is OCc1cccc(-c2cc3ccccn3c2)c1. The number of pyridine rings is 1. The van der Waals surface area contributed by atoms with Crippen LogP contribution in [0.15, 0.2) is 60.9 Å². The Morgan fingerprint density at radius 1 is 0.941 bits per heavy atom. The van der Waals surface area contributed by atoms with Crippen molar-refractivity contribution >= 4 is 5.52 Å². The molecule has 17 heavy (non-hydrogen) atoms. The average Bonchev–Trinajstić information content (AvgIpc) is 2.82. The molecular formula is C15H13NO. The van der Waals surface area contributed by atoms with Crippen LogP contribution in [0.2, 0.25) is 0 Å². The molecule has 0 saturated heterocycles. The summed E-state index contributed by atoms with van der Waals surface area (Å²) in [5.41, 5.74) is 4.43. The number of benzene rings is 1. The summed E-state index contributed by atoms with van der Waals surface area (Å²) in [7, 11) is 0. The van der Waals surface area contributed by atoms with Crippen LogP contribution >= 0.6 is 0 Å². The van der Waals surface area contributed by atoms with E-state index in [0.717, 1.165) is 11.1 Å². The molecule has 2 nitrogen and oxygen atoms in total. The molecule has 84 valence electrons. The molecule has 0 spiro atoms. The molecule has 1 aromatic carbocycles. The zero-order chi connectivity index (χ0) is 11.7. The maximum Gasteiger partial charge on any atom is 0.0682 e. The van der Waals surface area contributed by atoms with Crippen LogP contribution < -0.4 is 0 Å². The van der Waals surface area contributed by atoms with Crippen LogP contribution in [-0.2, 0) is 6.61 Å². The third kappa shape index (κ3) is 1.83. The minimum atomic E-state index is 0.0845. The standard InChI is InChI=1S/C15H13NO/c17-11-12-4-3-5-13(8-12)14-9-15-6-1-2-7-16(15)10-14/h1-10,17H,11H2. The van der Waals surface area contributed by atoms with Gasteiger partial charge in [0.05, 0.1) is 6.61 Å². The van der Waals surface area contributed by atoms with E-state index in [4.69, 9.17) is 5.11 Å². The van der Waals surface area contributed by atoms with Gasteiger partial charge in [-0.05, 0) is 35.4 Å². The third-order valence-corrected chi connectivity index (χ3v) is 2.95. The van der Waals surface area contributed by atoms with E-state index in [1.54, 1.807) is 0 Å². The topological polar surface area (TPSA) is 24.6 Å². The van der Waals surface area contributed by atoms with Gasteiger partial charge in [0.2, 0.25) is 0 Å². The fraction of sp³-hybridized carbons (Fsp3) is 0.0667. The molecule has 0 saturated carbocycles. The Morgan fingerprint density at radius 2 is 1.88 bits per heavy atom. The van der Waals surface area contributed by atoms with Gasteiger partial charge in [-0.3, -0.25) is 0 Å². The van der Waals surface area contributed by atoms with Gasteiger partial charge in [-0.25, -0.2) is 0 Å². The van der Waals surface area contributed by atoms with Crippen LogP contribution in [0, 0.1) is 0 Å². The number of aliphatic hydroxyl groups is 1. The van der Waals surface area contributed by atoms with Crippen LogP contribution in [0.3, 0.4) is 0 Å². The van der Waals surface area contributed by atoms with Crippen molar-refractivity contribution in [2.45, 2.75) is 6.61 Å². The maximum atomic E-state index is 9.14. The highest BCUT2D eigenvalue weighted by molar-refractivity contribution is 5.70. The van der Waals surface area contributed by atoms with Crippen LogP contribution in [0.1, 0.15) is 5.56 Å². The highest BCUT2D eigenvalue weighted by Crippen LogP contribution is 2.23. The predicted molar refractivity (Wildman–Crippen MR) is 68.8 cm³/mol.